The zero-order valence-corrected chi connectivity index (χ0v) is 15.8. The van der Waals surface area contributed by atoms with E-state index in [1.54, 1.807) is 18.2 Å². The quantitative estimate of drug-likeness (QED) is 0.511. The van der Waals surface area contributed by atoms with E-state index in [-0.39, 0.29) is 17.7 Å². The second-order valence-corrected chi connectivity index (χ2v) is 6.49. The van der Waals surface area contributed by atoms with Gasteiger partial charge in [-0.15, -0.1) is 0 Å². The number of imidazole rings is 1. The van der Waals surface area contributed by atoms with Gasteiger partial charge in [0.1, 0.15) is 6.54 Å². The van der Waals surface area contributed by atoms with Crippen LogP contribution in [0.3, 0.4) is 0 Å². The number of aryl methyl sites for hydroxylation is 1. The number of fused-ring (bicyclic) bond motifs is 1. The molecule has 1 N–H and O–H groups in total. The first kappa shape index (κ1) is 18.9. The fourth-order valence-corrected chi connectivity index (χ4v) is 3.00. The molecule has 0 aliphatic heterocycles. The van der Waals surface area contributed by atoms with Crippen LogP contribution >= 0.6 is 23.2 Å². The molecule has 0 saturated carbocycles. The third kappa shape index (κ3) is 3.51. The molecule has 11 heteroatoms. The minimum absolute atomic E-state index is 0.146. The standard InChI is InChI=1S/C16H14Cl2N6O3/c1-22-14-13(15(26)23(2)16(22)27)24(8-19-14)7-12(25)21-20-6-9-10(17)4-3-5-11(9)18/h3-6,8H,7H2,1-2H3,(H,21,25)/b20-6-. The first-order valence-corrected chi connectivity index (χ1v) is 8.43. The highest BCUT2D eigenvalue weighted by atomic mass is 35.5. The van der Waals surface area contributed by atoms with Gasteiger partial charge in [0.2, 0.25) is 0 Å². The van der Waals surface area contributed by atoms with Gasteiger partial charge in [0.25, 0.3) is 11.5 Å². The second kappa shape index (κ2) is 7.37. The SMILES string of the molecule is Cn1c(=O)c2c(ncn2CC(=O)N/N=C\c2c(Cl)cccc2Cl)n(C)c1=O. The average Bonchev–Trinajstić information content (AvgIpc) is 3.04. The van der Waals surface area contributed by atoms with Crippen LogP contribution in [-0.4, -0.2) is 30.8 Å². The van der Waals surface area contributed by atoms with E-state index in [1.807, 2.05) is 0 Å². The molecule has 0 radical (unpaired) electrons. The van der Waals surface area contributed by atoms with Crippen LogP contribution in [0.15, 0.2) is 39.2 Å². The van der Waals surface area contributed by atoms with Gasteiger partial charge >= 0.3 is 5.69 Å². The highest BCUT2D eigenvalue weighted by Crippen LogP contribution is 2.21. The molecule has 0 spiro atoms. The van der Waals surface area contributed by atoms with Crippen LogP contribution in [0.25, 0.3) is 11.2 Å². The Balaban J connectivity index is 1.82. The Morgan fingerprint density at radius 2 is 1.89 bits per heavy atom. The van der Waals surface area contributed by atoms with Crippen molar-refractivity contribution in [3.05, 3.63) is 61.0 Å². The maximum absolute atomic E-state index is 12.3. The van der Waals surface area contributed by atoms with E-state index in [4.69, 9.17) is 23.2 Å². The molecular formula is C16H14Cl2N6O3. The van der Waals surface area contributed by atoms with Crippen LogP contribution in [0.4, 0.5) is 0 Å². The van der Waals surface area contributed by atoms with Gasteiger partial charge in [-0.2, -0.15) is 5.10 Å². The highest BCUT2D eigenvalue weighted by Gasteiger charge is 2.15. The van der Waals surface area contributed by atoms with E-state index in [9.17, 15) is 14.4 Å². The number of benzene rings is 1. The van der Waals surface area contributed by atoms with E-state index in [1.165, 1.54) is 35.8 Å². The Bertz CT molecular complexity index is 1170. The first-order valence-electron chi connectivity index (χ1n) is 7.68. The number of carbonyl (C=O) groups is 1. The number of hydrogen-bond acceptors (Lipinski definition) is 5. The lowest BCUT2D eigenvalue weighted by Gasteiger charge is -2.06. The van der Waals surface area contributed by atoms with E-state index in [2.05, 4.69) is 15.5 Å². The molecule has 0 bridgehead atoms. The smallest absolute Gasteiger partial charge is 0.315 e. The monoisotopic (exact) mass is 408 g/mol. The predicted molar refractivity (Wildman–Crippen MR) is 102 cm³/mol. The van der Waals surface area contributed by atoms with Crippen LogP contribution in [-0.2, 0) is 25.4 Å². The zero-order valence-electron chi connectivity index (χ0n) is 14.3. The van der Waals surface area contributed by atoms with Crippen LogP contribution in [0.2, 0.25) is 10.0 Å². The van der Waals surface area contributed by atoms with Gasteiger partial charge in [-0.1, -0.05) is 29.3 Å². The molecule has 1 amide bonds. The molecule has 27 heavy (non-hydrogen) atoms. The summed E-state index contributed by atoms with van der Waals surface area (Å²) in [7, 11) is 2.86. The summed E-state index contributed by atoms with van der Waals surface area (Å²) in [4.78, 5) is 40.4. The molecule has 3 aromatic rings. The first-order chi connectivity index (χ1) is 12.8. The number of nitrogens with zero attached hydrogens (tertiary/aromatic N) is 5. The van der Waals surface area contributed by atoms with E-state index in [0.717, 1.165) is 4.57 Å². The lowest BCUT2D eigenvalue weighted by molar-refractivity contribution is -0.121. The van der Waals surface area contributed by atoms with Crippen molar-refractivity contribution in [2.24, 2.45) is 19.2 Å². The van der Waals surface area contributed by atoms with Crippen molar-refractivity contribution < 1.29 is 4.79 Å². The molecule has 0 aliphatic carbocycles. The summed E-state index contributed by atoms with van der Waals surface area (Å²) in [5, 5.41) is 4.62. The summed E-state index contributed by atoms with van der Waals surface area (Å²) in [6, 6.07) is 4.99. The lowest BCUT2D eigenvalue weighted by Crippen LogP contribution is -2.38. The lowest BCUT2D eigenvalue weighted by atomic mass is 10.2. The third-order valence-corrected chi connectivity index (χ3v) is 4.57. The Hall–Kier alpha value is -2.91. The van der Waals surface area contributed by atoms with E-state index in [0.29, 0.717) is 15.6 Å². The van der Waals surface area contributed by atoms with Gasteiger partial charge in [0, 0.05) is 19.7 Å². The number of halogens is 2. The molecular weight excluding hydrogens is 395 g/mol. The Kier molecular flexibility index (Phi) is 5.15. The topological polar surface area (TPSA) is 103 Å². The molecule has 3 rings (SSSR count). The van der Waals surface area contributed by atoms with Crippen LogP contribution in [0.1, 0.15) is 5.56 Å². The van der Waals surface area contributed by atoms with Crippen molar-refractivity contribution in [2.45, 2.75) is 6.54 Å². The highest BCUT2D eigenvalue weighted by molar-refractivity contribution is 6.38. The van der Waals surface area contributed by atoms with E-state index >= 15 is 0 Å². The summed E-state index contributed by atoms with van der Waals surface area (Å²) >= 11 is 12.0. The van der Waals surface area contributed by atoms with Crippen molar-refractivity contribution in [2.75, 3.05) is 0 Å². The van der Waals surface area contributed by atoms with Gasteiger partial charge in [0.15, 0.2) is 11.2 Å². The van der Waals surface area contributed by atoms with E-state index < -0.39 is 17.2 Å². The molecule has 0 aliphatic rings. The average molecular weight is 409 g/mol. The summed E-state index contributed by atoms with van der Waals surface area (Å²) in [6.07, 6.45) is 2.65. The number of hydrogen-bond donors (Lipinski definition) is 1. The van der Waals surface area contributed by atoms with Gasteiger partial charge in [-0.05, 0) is 12.1 Å². The van der Waals surface area contributed by atoms with Crippen LogP contribution < -0.4 is 16.7 Å². The molecule has 1 aromatic carbocycles. The van der Waals surface area contributed by atoms with Crippen molar-refractivity contribution >= 4 is 46.5 Å². The fourth-order valence-electron chi connectivity index (χ4n) is 2.51. The van der Waals surface area contributed by atoms with Crippen molar-refractivity contribution in [1.82, 2.24) is 24.1 Å². The van der Waals surface area contributed by atoms with Crippen molar-refractivity contribution in [3.8, 4) is 0 Å². The van der Waals surface area contributed by atoms with Crippen LogP contribution in [0.5, 0.6) is 0 Å². The molecule has 140 valence electrons. The molecule has 2 heterocycles. The molecule has 0 saturated heterocycles. The summed E-state index contributed by atoms with van der Waals surface area (Å²) in [5.41, 5.74) is 2.11. The Morgan fingerprint density at radius 3 is 2.56 bits per heavy atom. The minimum Gasteiger partial charge on any atom is -0.315 e. The van der Waals surface area contributed by atoms with Gasteiger partial charge in [0.05, 0.1) is 22.6 Å². The maximum Gasteiger partial charge on any atom is 0.332 e. The number of amides is 1. The van der Waals surface area contributed by atoms with Crippen molar-refractivity contribution in [1.29, 1.82) is 0 Å². The fraction of sp³-hybridized carbons (Fsp3) is 0.188. The Labute approximate surface area is 162 Å². The van der Waals surface area contributed by atoms with Gasteiger partial charge < -0.3 is 4.57 Å². The number of carbonyl (C=O) groups excluding carboxylic acids is 1. The maximum atomic E-state index is 12.3. The molecule has 0 atom stereocenters. The number of rotatable bonds is 4. The summed E-state index contributed by atoms with van der Waals surface area (Å²) in [6.45, 7) is -0.211. The number of aromatic nitrogens is 4. The van der Waals surface area contributed by atoms with Crippen LogP contribution in [0, 0.1) is 0 Å². The normalized spacial score (nSPS) is 11.4. The largest absolute Gasteiger partial charge is 0.332 e. The predicted octanol–water partition coefficient (Wildman–Crippen LogP) is 0.891. The molecule has 9 nitrogen and oxygen atoms in total. The second-order valence-electron chi connectivity index (χ2n) is 5.68. The number of nitrogens with one attached hydrogen (secondary N) is 1. The summed E-state index contributed by atoms with van der Waals surface area (Å²) < 4.78 is 3.54. The molecule has 0 fully saturated rings. The Morgan fingerprint density at radius 1 is 1.22 bits per heavy atom. The van der Waals surface area contributed by atoms with Gasteiger partial charge in [-0.25, -0.2) is 15.2 Å². The van der Waals surface area contributed by atoms with Gasteiger partial charge in [-0.3, -0.25) is 18.7 Å². The molecule has 2 aromatic heterocycles. The number of hydrazone groups is 1. The zero-order chi connectivity index (χ0) is 19.7. The molecule has 0 unspecified atom stereocenters. The third-order valence-electron chi connectivity index (χ3n) is 3.91. The minimum atomic E-state index is -0.537. The van der Waals surface area contributed by atoms with Crippen molar-refractivity contribution in [3.63, 3.8) is 0 Å². The summed E-state index contributed by atoms with van der Waals surface area (Å²) in [5.74, 6) is -0.496.